The van der Waals surface area contributed by atoms with Crippen LogP contribution in [0.4, 0.5) is 17.1 Å². The van der Waals surface area contributed by atoms with Crippen molar-refractivity contribution in [1.82, 2.24) is 0 Å². The summed E-state index contributed by atoms with van der Waals surface area (Å²) in [6, 6.07) is 148. The van der Waals surface area contributed by atoms with Crippen LogP contribution >= 0.6 is 0 Å². The van der Waals surface area contributed by atoms with Crippen molar-refractivity contribution in [3.63, 3.8) is 0 Å². The molecule has 0 heterocycles. The zero-order chi connectivity index (χ0) is 95.9. The van der Waals surface area contributed by atoms with E-state index in [0.717, 1.165) is 6.42 Å². The van der Waals surface area contributed by atoms with Crippen LogP contribution in [0.25, 0.3) is 165 Å². The number of rotatable bonds is 23. The van der Waals surface area contributed by atoms with Crippen molar-refractivity contribution < 1.29 is 0 Å². The van der Waals surface area contributed by atoms with E-state index in [-0.39, 0.29) is 5.41 Å². The second-order valence-electron chi connectivity index (χ2n) is 40.1. The summed E-state index contributed by atoms with van der Waals surface area (Å²) in [6.45, 7) is 24.1. The van der Waals surface area contributed by atoms with E-state index in [1.807, 2.05) is 24.3 Å². The van der Waals surface area contributed by atoms with Gasteiger partial charge in [0.1, 0.15) is 0 Å². The lowest BCUT2D eigenvalue weighted by Gasteiger charge is -2.33. The Labute approximate surface area is 831 Å². The molecular formula is C139H129N. The lowest BCUT2D eigenvalue weighted by molar-refractivity contribution is 0.397. The van der Waals surface area contributed by atoms with Crippen molar-refractivity contribution in [2.75, 3.05) is 4.90 Å². The summed E-state index contributed by atoms with van der Waals surface area (Å²) in [5.74, 6) is 0. The predicted molar refractivity (Wildman–Crippen MR) is 608 cm³/mol. The molecule has 0 atom stereocenters. The van der Waals surface area contributed by atoms with Crippen molar-refractivity contribution in [3.8, 4) is 100 Å². The number of para-hydroxylation sites is 1. The van der Waals surface area contributed by atoms with Gasteiger partial charge in [0.15, 0.2) is 0 Å². The highest BCUT2D eigenvalue weighted by Crippen LogP contribution is 2.64. The van der Waals surface area contributed by atoms with E-state index in [1.54, 1.807) is 11.1 Å². The quantitative estimate of drug-likeness (QED) is 0.0350. The van der Waals surface area contributed by atoms with Crippen molar-refractivity contribution >= 4 is 81.7 Å². The molecule has 24 rings (SSSR count). The Balaban J connectivity index is 0.000000133. The zero-order valence-corrected chi connectivity index (χ0v) is 83.7. The second-order valence-corrected chi connectivity index (χ2v) is 40.1. The highest BCUT2D eigenvalue weighted by molar-refractivity contribution is 6.42. The first-order chi connectivity index (χ1) is 68.6. The van der Waals surface area contributed by atoms with E-state index in [9.17, 15) is 0 Å². The summed E-state index contributed by atoms with van der Waals surface area (Å²) < 4.78 is 0. The van der Waals surface area contributed by atoms with Gasteiger partial charge in [-0.05, 0) is 305 Å². The number of hydrogen-bond acceptors (Lipinski definition) is 1. The smallest absolute Gasteiger partial charge is 0.0461 e. The molecule has 0 fully saturated rings. The van der Waals surface area contributed by atoms with Crippen LogP contribution in [0.2, 0.25) is 0 Å². The molecule has 0 aliphatic heterocycles. The summed E-state index contributed by atoms with van der Waals surface area (Å²) in [4.78, 5) is 2.28. The van der Waals surface area contributed by atoms with E-state index in [1.165, 1.54) is 333 Å². The maximum absolute atomic E-state index is 2.53. The molecule has 0 saturated carbocycles. The molecule has 0 amide bonds. The van der Waals surface area contributed by atoms with Crippen LogP contribution in [-0.4, -0.2) is 0 Å². The highest BCUT2D eigenvalue weighted by Gasteiger charge is 2.43. The van der Waals surface area contributed by atoms with Gasteiger partial charge in [0.2, 0.25) is 0 Å². The Kier molecular flexibility index (Phi) is 27.5. The Hall–Kier alpha value is -14.8. The molecule has 0 N–H and O–H groups in total. The Morgan fingerprint density at radius 2 is 0.436 bits per heavy atom. The number of unbranched alkanes of at least 4 members (excludes halogenated alkanes) is 10. The number of fused-ring (bicyclic) bond motifs is 13. The topological polar surface area (TPSA) is 3.24 Å². The van der Waals surface area contributed by atoms with E-state index in [0.29, 0.717) is 0 Å². The molecule has 0 spiro atoms. The molecule has 1 nitrogen and oxygen atoms in total. The molecule has 0 unspecified atom stereocenters. The molecule has 21 aromatic rings. The normalized spacial score (nSPS) is 12.0. The maximum atomic E-state index is 2.53. The Bertz CT molecular complexity index is 7510. The highest BCUT2D eigenvalue weighted by atomic mass is 15.1. The fourth-order valence-electron chi connectivity index (χ4n) is 22.9. The van der Waals surface area contributed by atoms with Crippen LogP contribution in [0.15, 0.2) is 400 Å². The standard InChI is InChI=1S/C66H40.C31H46.C20H19N.C15H16.C7H8/c1-37-21-25-41(26-22-37)57-45-19-11-9-17-43(45)55(39-13-5-3-6-14-39)63-51-33-29-47-50-32-36-54-62-52(34-30-48(60(50)62)49-31-35-53(65(57)63)61(51)59(47)49)64-56(40-15-7-4-8-16-40)44-18-10-12-20-46(44)58(66(54)64)42-27-23-38(2)24-28-42;1-5-7-9-11-13-15-21-31(22-16-14-12-10-8-6-2)29-23-25(3)17-19-27(29)28-20-18-26(4)24-30(28)31;1-16-8-12-19(13-9-16)21(18-6-4-3-5-7-18)20-14-10-17(2)11-15-20;1-12-3-7-14(8-4-12)11-15-9-5-13(2)6-10-15;1-7-5-3-2-4-6-7/h3-36H,1-2H3;17-20,23-24H,5-16,21-22H2,1-4H3;3-15H,1-2H3;3-10H,11H2,1-2H3;2-6H,1H3. The van der Waals surface area contributed by atoms with Crippen LogP contribution in [0.5, 0.6) is 0 Å². The van der Waals surface area contributed by atoms with Crippen LogP contribution in [0, 0.1) is 62.3 Å². The van der Waals surface area contributed by atoms with Gasteiger partial charge in [-0.2, -0.15) is 0 Å². The van der Waals surface area contributed by atoms with Gasteiger partial charge in [0.25, 0.3) is 0 Å². The van der Waals surface area contributed by atoms with Crippen LogP contribution in [0.1, 0.15) is 176 Å². The molecule has 0 bridgehead atoms. The number of benzene rings is 21. The van der Waals surface area contributed by atoms with Gasteiger partial charge < -0.3 is 4.90 Å². The number of aryl methyl sites for hydroxylation is 9. The molecule has 140 heavy (non-hydrogen) atoms. The van der Waals surface area contributed by atoms with Crippen LogP contribution < -0.4 is 4.90 Å². The minimum absolute atomic E-state index is 0.234. The number of hydrogen-bond donors (Lipinski definition) is 0. The summed E-state index contributed by atoms with van der Waals surface area (Å²) in [7, 11) is 0. The van der Waals surface area contributed by atoms with Crippen molar-refractivity contribution in [3.05, 3.63) is 473 Å². The average Bonchev–Trinajstić information content (AvgIpc) is 1.49. The number of anilines is 3. The van der Waals surface area contributed by atoms with Gasteiger partial charge in [0, 0.05) is 22.5 Å². The zero-order valence-electron chi connectivity index (χ0n) is 83.7. The predicted octanol–water partition coefficient (Wildman–Crippen LogP) is 40.4. The van der Waals surface area contributed by atoms with E-state index < -0.39 is 0 Å². The first kappa shape index (κ1) is 92.9. The minimum Gasteiger partial charge on any atom is -0.311 e. The Morgan fingerprint density at radius 3 is 0.750 bits per heavy atom. The minimum atomic E-state index is 0.234. The van der Waals surface area contributed by atoms with Gasteiger partial charge in [-0.3, -0.25) is 0 Å². The van der Waals surface area contributed by atoms with Crippen molar-refractivity contribution in [2.45, 2.75) is 178 Å². The van der Waals surface area contributed by atoms with Gasteiger partial charge in [-0.1, -0.05) is 505 Å². The van der Waals surface area contributed by atoms with E-state index >= 15 is 0 Å². The lowest BCUT2D eigenvalue weighted by atomic mass is 9.70. The Morgan fingerprint density at radius 1 is 0.186 bits per heavy atom. The van der Waals surface area contributed by atoms with Crippen molar-refractivity contribution in [1.29, 1.82) is 0 Å². The van der Waals surface area contributed by atoms with Crippen LogP contribution in [0.3, 0.4) is 0 Å². The number of nitrogens with zero attached hydrogens (tertiary/aromatic N) is 1. The lowest BCUT2D eigenvalue weighted by Crippen LogP contribution is -2.25. The summed E-state index contributed by atoms with van der Waals surface area (Å²) in [5.41, 5.74) is 45.6. The van der Waals surface area contributed by atoms with Crippen molar-refractivity contribution in [2.24, 2.45) is 0 Å². The maximum Gasteiger partial charge on any atom is 0.0461 e. The summed E-state index contributed by atoms with van der Waals surface area (Å²) >= 11 is 0. The van der Waals surface area contributed by atoms with Crippen LogP contribution in [-0.2, 0) is 11.8 Å². The fraction of sp³-hybridized carbons (Fsp3) is 0.194. The largest absolute Gasteiger partial charge is 0.311 e. The molecule has 690 valence electrons. The average molecular weight is 1810 g/mol. The fourth-order valence-corrected chi connectivity index (χ4v) is 22.9. The second kappa shape index (κ2) is 41.5. The third-order valence-corrected chi connectivity index (χ3v) is 30.0. The van der Waals surface area contributed by atoms with Gasteiger partial charge >= 0.3 is 0 Å². The summed E-state index contributed by atoms with van der Waals surface area (Å²) in [6.07, 6.45) is 20.3. The van der Waals surface area contributed by atoms with E-state index in [4.69, 9.17) is 0 Å². The molecule has 0 aromatic heterocycles. The third-order valence-electron chi connectivity index (χ3n) is 30.0. The molecule has 0 saturated heterocycles. The molecule has 1 heteroatoms. The SMILES string of the molecule is CCCCCCCCC1(CCCCCCCC)c2cc(C)ccc2-c2ccc(C)cc21.Cc1ccc(-c2c3c(c(-c4ccccc4)c4ccccc24)-c2ccc4c5ccc6c7c(ccc(c8ccc-3c2c48)c75)-c2c-6c(-c3ccc(C)cc3)c3ccccc3c2-c2ccccc2)cc1.Cc1ccc(Cc2ccc(C)cc2)cc1.Cc1ccc(N(c2ccccc2)c2ccc(C)cc2)cc1.Cc1ccccc1. The third kappa shape index (κ3) is 18.5. The first-order valence-electron chi connectivity index (χ1n) is 51.6. The first-order valence-corrected chi connectivity index (χ1v) is 51.6. The molecule has 3 aliphatic rings. The van der Waals surface area contributed by atoms with Gasteiger partial charge in [0.05, 0.1) is 0 Å². The van der Waals surface area contributed by atoms with Gasteiger partial charge in [-0.15, -0.1) is 0 Å². The summed E-state index contributed by atoms with van der Waals surface area (Å²) in [5, 5.41) is 15.9. The molecule has 21 aromatic carbocycles. The van der Waals surface area contributed by atoms with E-state index in [2.05, 4.69) is 457 Å². The molecule has 3 aliphatic carbocycles. The monoisotopic (exact) mass is 1810 g/mol. The van der Waals surface area contributed by atoms with Gasteiger partial charge in [-0.25, -0.2) is 0 Å². The molecular weight excluding hydrogens is 1680 g/mol. The molecule has 0 radical (unpaired) electrons.